The maximum atomic E-state index is 2.70. The number of nitrogens with zero attached hydrogens (tertiary/aromatic N) is 2. The first-order valence-electron chi connectivity index (χ1n) is 5.20. The topological polar surface area (TPSA) is 6.48 Å². The van der Waals surface area contributed by atoms with E-state index >= 15 is 0 Å². The molecule has 0 N–H and O–H groups in total. The highest BCUT2D eigenvalue weighted by Gasteiger charge is 2.53. The van der Waals surface area contributed by atoms with Gasteiger partial charge in [0.2, 0.25) is 0 Å². The van der Waals surface area contributed by atoms with E-state index in [1.165, 1.54) is 45.4 Å². The Labute approximate surface area is 74.5 Å². The van der Waals surface area contributed by atoms with E-state index in [-0.39, 0.29) is 0 Å². The molecule has 3 fully saturated rings. The van der Waals surface area contributed by atoms with Crippen LogP contribution < -0.4 is 0 Å². The molecule has 3 aliphatic rings. The molecule has 0 aromatic rings. The zero-order chi connectivity index (χ0) is 8.18. The third-order valence-electron chi connectivity index (χ3n) is 3.92. The highest BCUT2D eigenvalue weighted by Crippen LogP contribution is 2.53. The molecular formula is C10H18N2. The van der Waals surface area contributed by atoms with Crippen LogP contribution in [0.25, 0.3) is 0 Å². The van der Waals surface area contributed by atoms with Crippen LogP contribution >= 0.6 is 0 Å². The molecular weight excluding hydrogens is 148 g/mol. The summed E-state index contributed by atoms with van der Waals surface area (Å²) in [6.07, 6.45) is 4.45. The highest BCUT2D eigenvalue weighted by molar-refractivity contribution is 5.07. The zero-order valence-electron chi connectivity index (χ0n) is 7.92. The van der Waals surface area contributed by atoms with E-state index in [0.29, 0.717) is 0 Å². The van der Waals surface area contributed by atoms with Gasteiger partial charge in [-0.1, -0.05) is 0 Å². The summed E-state index contributed by atoms with van der Waals surface area (Å²) in [5.74, 6) is 0. The van der Waals surface area contributed by atoms with Crippen molar-refractivity contribution in [1.82, 2.24) is 9.80 Å². The highest BCUT2D eigenvalue weighted by atomic mass is 15.3. The minimum absolute atomic E-state index is 0.848. The summed E-state index contributed by atoms with van der Waals surface area (Å²) in [5.41, 5.74) is 0.848. The van der Waals surface area contributed by atoms with Gasteiger partial charge in [-0.25, -0.2) is 0 Å². The summed E-state index contributed by atoms with van der Waals surface area (Å²) >= 11 is 0. The molecule has 0 radical (unpaired) electrons. The number of hydrogen-bond acceptors (Lipinski definition) is 2. The Morgan fingerprint density at radius 3 is 2.50 bits per heavy atom. The molecule has 0 aromatic carbocycles. The van der Waals surface area contributed by atoms with Crippen molar-refractivity contribution in [3.8, 4) is 0 Å². The van der Waals surface area contributed by atoms with Crippen LogP contribution in [0, 0.1) is 5.41 Å². The van der Waals surface area contributed by atoms with Crippen LogP contribution in [0.2, 0.25) is 0 Å². The molecule has 1 aliphatic carbocycles. The van der Waals surface area contributed by atoms with Gasteiger partial charge in [0.25, 0.3) is 0 Å². The minimum atomic E-state index is 0.848. The fraction of sp³-hybridized carbons (Fsp3) is 1.00. The van der Waals surface area contributed by atoms with E-state index in [0.717, 1.165) is 11.5 Å². The lowest BCUT2D eigenvalue weighted by Crippen LogP contribution is -2.54. The molecule has 12 heavy (non-hydrogen) atoms. The van der Waals surface area contributed by atoms with Crippen LogP contribution in [0.1, 0.15) is 19.3 Å². The van der Waals surface area contributed by atoms with Gasteiger partial charge in [-0.15, -0.1) is 0 Å². The van der Waals surface area contributed by atoms with Gasteiger partial charge in [0.1, 0.15) is 0 Å². The maximum Gasteiger partial charge on any atom is 0.0235 e. The third-order valence-corrected chi connectivity index (χ3v) is 3.92. The van der Waals surface area contributed by atoms with Gasteiger partial charge >= 0.3 is 0 Å². The number of likely N-dealkylation sites (tertiary alicyclic amines) is 2. The monoisotopic (exact) mass is 166 g/mol. The van der Waals surface area contributed by atoms with Gasteiger partial charge in [-0.3, -0.25) is 4.90 Å². The largest absolute Gasteiger partial charge is 0.305 e. The lowest BCUT2D eigenvalue weighted by atomic mass is 9.94. The fourth-order valence-corrected chi connectivity index (χ4v) is 2.78. The number of rotatable bonds is 1. The number of likely N-dealkylation sites (N-methyl/N-ethyl adjacent to an activating group) is 1. The first-order valence-corrected chi connectivity index (χ1v) is 5.20. The molecule has 2 nitrogen and oxygen atoms in total. The quantitative estimate of drug-likeness (QED) is 0.568. The molecule has 0 bridgehead atoms. The minimum Gasteiger partial charge on any atom is -0.305 e. The summed E-state index contributed by atoms with van der Waals surface area (Å²) in [6, 6.07) is 0.904. The van der Waals surface area contributed by atoms with Crippen LogP contribution in [0.5, 0.6) is 0 Å². The van der Waals surface area contributed by atoms with Gasteiger partial charge < -0.3 is 4.90 Å². The summed E-state index contributed by atoms with van der Waals surface area (Å²) in [4.78, 5) is 5.17. The van der Waals surface area contributed by atoms with Crippen molar-refractivity contribution in [3.05, 3.63) is 0 Å². The van der Waals surface area contributed by atoms with Crippen LogP contribution in [0.15, 0.2) is 0 Å². The average Bonchev–Trinajstić information content (AvgIpc) is 2.67. The Morgan fingerprint density at radius 2 is 2.00 bits per heavy atom. The Bertz CT molecular complexity index is 190. The van der Waals surface area contributed by atoms with Gasteiger partial charge in [-0.05, 0) is 38.3 Å². The van der Waals surface area contributed by atoms with Crippen molar-refractivity contribution >= 4 is 0 Å². The van der Waals surface area contributed by atoms with E-state index in [1.807, 2.05) is 0 Å². The molecule has 2 saturated heterocycles. The van der Waals surface area contributed by atoms with E-state index in [1.54, 1.807) is 0 Å². The first kappa shape index (κ1) is 7.34. The lowest BCUT2D eigenvalue weighted by molar-refractivity contribution is 0.0406. The molecule has 3 rings (SSSR count). The normalized spacial score (nSPS) is 40.2. The molecule has 0 amide bonds. The van der Waals surface area contributed by atoms with E-state index in [2.05, 4.69) is 16.8 Å². The van der Waals surface area contributed by atoms with Crippen molar-refractivity contribution < 1.29 is 0 Å². The Hall–Kier alpha value is -0.0800. The van der Waals surface area contributed by atoms with E-state index in [9.17, 15) is 0 Å². The third kappa shape index (κ3) is 1.01. The van der Waals surface area contributed by atoms with Gasteiger partial charge in [0.05, 0.1) is 0 Å². The van der Waals surface area contributed by atoms with Crippen LogP contribution in [-0.2, 0) is 0 Å². The second-order valence-corrected chi connectivity index (χ2v) is 5.11. The Kier molecular flexibility index (Phi) is 1.37. The van der Waals surface area contributed by atoms with Crippen LogP contribution in [-0.4, -0.2) is 49.1 Å². The van der Waals surface area contributed by atoms with Crippen molar-refractivity contribution in [2.24, 2.45) is 5.41 Å². The van der Waals surface area contributed by atoms with Crippen molar-refractivity contribution in [2.75, 3.05) is 33.2 Å². The summed E-state index contributed by atoms with van der Waals surface area (Å²) in [7, 11) is 2.24. The molecule has 0 aromatic heterocycles. The Morgan fingerprint density at radius 1 is 1.25 bits per heavy atom. The summed E-state index contributed by atoms with van der Waals surface area (Å²) < 4.78 is 0. The van der Waals surface area contributed by atoms with Crippen LogP contribution in [0.4, 0.5) is 0 Å². The second kappa shape index (κ2) is 2.24. The predicted molar refractivity (Wildman–Crippen MR) is 49.1 cm³/mol. The van der Waals surface area contributed by atoms with Gasteiger partial charge in [0, 0.05) is 25.7 Å². The molecule has 1 atom stereocenters. The molecule has 1 unspecified atom stereocenters. The molecule has 2 heterocycles. The van der Waals surface area contributed by atoms with Crippen molar-refractivity contribution in [2.45, 2.75) is 25.3 Å². The standard InChI is InChI=1S/C10H18N2/c1-11-5-2-9(6-11)12-7-10(8-12)3-4-10/h9H,2-8H2,1H3. The zero-order valence-corrected chi connectivity index (χ0v) is 7.92. The Balaban J connectivity index is 1.55. The SMILES string of the molecule is CN1CCC(N2CC3(CC3)C2)C1. The predicted octanol–water partition coefficient (Wildman–Crippen LogP) is 0.786. The van der Waals surface area contributed by atoms with Crippen molar-refractivity contribution in [1.29, 1.82) is 0 Å². The smallest absolute Gasteiger partial charge is 0.0235 e. The average molecular weight is 166 g/mol. The van der Waals surface area contributed by atoms with Gasteiger partial charge in [0.15, 0.2) is 0 Å². The molecule has 1 saturated carbocycles. The second-order valence-electron chi connectivity index (χ2n) is 5.11. The molecule has 2 heteroatoms. The maximum absolute atomic E-state index is 2.70. The summed E-state index contributed by atoms with van der Waals surface area (Å²) in [6.45, 7) is 5.47. The van der Waals surface area contributed by atoms with Gasteiger partial charge in [-0.2, -0.15) is 0 Å². The lowest BCUT2D eigenvalue weighted by Gasteiger charge is -2.44. The first-order chi connectivity index (χ1) is 5.77. The summed E-state index contributed by atoms with van der Waals surface area (Å²) in [5, 5.41) is 0. The number of hydrogen-bond donors (Lipinski definition) is 0. The van der Waals surface area contributed by atoms with E-state index in [4.69, 9.17) is 0 Å². The molecule has 1 spiro atoms. The van der Waals surface area contributed by atoms with Crippen LogP contribution in [0.3, 0.4) is 0 Å². The molecule has 2 aliphatic heterocycles. The van der Waals surface area contributed by atoms with E-state index < -0.39 is 0 Å². The molecule has 68 valence electrons. The van der Waals surface area contributed by atoms with Crippen molar-refractivity contribution in [3.63, 3.8) is 0 Å². The fourth-order valence-electron chi connectivity index (χ4n) is 2.78.